The van der Waals surface area contributed by atoms with Crippen molar-refractivity contribution in [3.8, 4) is 0 Å². The van der Waals surface area contributed by atoms with Crippen molar-refractivity contribution in [3.63, 3.8) is 0 Å². The quantitative estimate of drug-likeness (QED) is 0.798. The first-order chi connectivity index (χ1) is 9.19. The average Bonchev–Trinajstić information content (AvgIpc) is 2.69. The third kappa shape index (κ3) is 4.29. The molecule has 1 N–H and O–H groups in total. The Bertz CT molecular complexity index is 381. The van der Waals surface area contributed by atoms with Gasteiger partial charge in [0.15, 0.2) is 0 Å². The Kier molecular flexibility index (Phi) is 5.34. The molecule has 0 saturated carbocycles. The fraction of sp³-hybridized carbons (Fsp3) is 0.688. The van der Waals surface area contributed by atoms with Gasteiger partial charge in [0.05, 0.1) is 11.4 Å². The van der Waals surface area contributed by atoms with Crippen LogP contribution >= 0.6 is 0 Å². The standard InChI is InChI=1S/C16H27N3/c1-4-8-17-9-15-6-5-7-16(18-15)12-19-10-13(2)14(3)11-19/h5-7,13-14,17H,4,8-12H2,1-3H3. The topological polar surface area (TPSA) is 28.2 Å². The minimum atomic E-state index is 0.814. The van der Waals surface area contributed by atoms with E-state index in [1.54, 1.807) is 0 Å². The molecule has 1 aromatic rings. The molecule has 0 aliphatic carbocycles. The zero-order chi connectivity index (χ0) is 13.7. The van der Waals surface area contributed by atoms with Crippen molar-refractivity contribution in [1.29, 1.82) is 0 Å². The molecule has 2 unspecified atom stereocenters. The summed E-state index contributed by atoms with van der Waals surface area (Å²) in [5.74, 6) is 1.63. The van der Waals surface area contributed by atoms with E-state index < -0.39 is 0 Å². The first-order valence-electron chi connectivity index (χ1n) is 7.57. The van der Waals surface area contributed by atoms with Crippen LogP contribution in [0.15, 0.2) is 18.2 Å². The summed E-state index contributed by atoms with van der Waals surface area (Å²) in [6.45, 7) is 12.2. The zero-order valence-electron chi connectivity index (χ0n) is 12.5. The van der Waals surface area contributed by atoms with Crippen molar-refractivity contribution in [1.82, 2.24) is 15.2 Å². The third-order valence-corrected chi connectivity index (χ3v) is 4.05. The molecule has 2 heterocycles. The number of hydrogen-bond acceptors (Lipinski definition) is 3. The molecule has 0 spiro atoms. The molecule has 19 heavy (non-hydrogen) atoms. The predicted molar refractivity (Wildman–Crippen MR) is 79.8 cm³/mol. The van der Waals surface area contributed by atoms with Crippen LogP contribution in [0.2, 0.25) is 0 Å². The van der Waals surface area contributed by atoms with Crippen molar-refractivity contribution in [2.75, 3.05) is 19.6 Å². The van der Waals surface area contributed by atoms with E-state index in [1.165, 1.54) is 25.2 Å². The lowest BCUT2D eigenvalue weighted by molar-refractivity contribution is 0.312. The number of pyridine rings is 1. The average molecular weight is 261 g/mol. The van der Waals surface area contributed by atoms with Crippen LogP contribution in [0.25, 0.3) is 0 Å². The summed E-state index contributed by atoms with van der Waals surface area (Å²) in [6, 6.07) is 6.40. The number of nitrogens with zero attached hydrogens (tertiary/aromatic N) is 2. The first-order valence-corrected chi connectivity index (χ1v) is 7.57. The van der Waals surface area contributed by atoms with E-state index in [4.69, 9.17) is 4.98 Å². The van der Waals surface area contributed by atoms with Gasteiger partial charge < -0.3 is 5.32 Å². The van der Waals surface area contributed by atoms with Gasteiger partial charge in [0, 0.05) is 26.2 Å². The Morgan fingerprint density at radius 3 is 2.58 bits per heavy atom. The molecule has 3 heteroatoms. The second-order valence-electron chi connectivity index (χ2n) is 5.95. The molecule has 0 aromatic carbocycles. The largest absolute Gasteiger partial charge is 0.311 e. The molecular weight excluding hydrogens is 234 g/mol. The van der Waals surface area contributed by atoms with Gasteiger partial charge in [-0.2, -0.15) is 0 Å². The summed E-state index contributed by atoms with van der Waals surface area (Å²) in [5.41, 5.74) is 2.36. The minimum Gasteiger partial charge on any atom is -0.311 e. The van der Waals surface area contributed by atoms with Crippen LogP contribution in [-0.2, 0) is 13.1 Å². The highest BCUT2D eigenvalue weighted by molar-refractivity contribution is 5.11. The van der Waals surface area contributed by atoms with Crippen molar-refractivity contribution in [2.45, 2.75) is 40.3 Å². The number of hydrogen-bond donors (Lipinski definition) is 1. The highest BCUT2D eigenvalue weighted by atomic mass is 15.2. The van der Waals surface area contributed by atoms with Crippen LogP contribution in [0.5, 0.6) is 0 Å². The Balaban J connectivity index is 1.88. The van der Waals surface area contributed by atoms with E-state index in [0.29, 0.717) is 0 Å². The van der Waals surface area contributed by atoms with Crippen LogP contribution in [0.4, 0.5) is 0 Å². The maximum atomic E-state index is 4.75. The van der Waals surface area contributed by atoms with Crippen LogP contribution in [0.1, 0.15) is 38.6 Å². The molecule has 1 aromatic heterocycles. The summed E-state index contributed by atoms with van der Waals surface area (Å²) in [5, 5.41) is 3.41. The summed E-state index contributed by atoms with van der Waals surface area (Å²) in [6.07, 6.45) is 1.17. The molecule has 3 nitrogen and oxygen atoms in total. The van der Waals surface area contributed by atoms with Crippen molar-refractivity contribution >= 4 is 0 Å². The third-order valence-electron chi connectivity index (χ3n) is 4.05. The smallest absolute Gasteiger partial charge is 0.0547 e. The van der Waals surface area contributed by atoms with Gasteiger partial charge in [-0.05, 0) is 36.9 Å². The molecule has 0 bridgehead atoms. The molecular formula is C16H27N3. The van der Waals surface area contributed by atoms with Crippen molar-refractivity contribution in [2.24, 2.45) is 11.8 Å². The summed E-state index contributed by atoms with van der Waals surface area (Å²) in [4.78, 5) is 7.28. The van der Waals surface area contributed by atoms with E-state index in [0.717, 1.165) is 37.2 Å². The van der Waals surface area contributed by atoms with Crippen molar-refractivity contribution < 1.29 is 0 Å². The van der Waals surface area contributed by atoms with E-state index >= 15 is 0 Å². The summed E-state index contributed by atoms with van der Waals surface area (Å²) in [7, 11) is 0. The number of likely N-dealkylation sites (tertiary alicyclic amines) is 1. The van der Waals surface area contributed by atoms with Gasteiger partial charge in [0.2, 0.25) is 0 Å². The SMILES string of the molecule is CCCNCc1cccc(CN2CC(C)C(C)C2)n1. The number of rotatable bonds is 6. The molecule has 106 valence electrons. The Morgan fingerprint density at radius 2 is 1.89 bits per heavy atom. The van der Waals surface area contributed by atoms with E-state index in [-0.39, 0.29) is 0 Å². The Hall–Kier alpha value is -0.930. The first kappa shape index (κ1) is 14.5. The molecule has 1 aliphatic rings. The van der Waals surface area contributed by atoms with Gasteiger partial charge in [-0.15, -0.1) is 0 Å². The summed E-state index contributed by atoms with van der Waals surface area (Å²) >= 11 is 0. The van der Waals surface area contributed by atoms with Gasteiger partial charge in [-0.25, -0.2) is 0 Å². The van der Waals surface area contributed by atoms with Crippen LogP contribution < -0.4 is 5.32 Å². The van der Waals surface area contributed by atoms with E-state index in [9.17, 15) is 0 Å². The fourth-order valence-corrected chi connectivity index (χ4v) is 2.72. The van der Waals surface area contributed by atoms with E-state index in [2.05, 4.69) is 49.2 Å². The number of aromatic nitrogens is 1. The molecule has 2 atom stereocenters. The molecule has 1 aliphatic heterocycles. The van der Waals surface area contributed by atoms with Crippen LogP contribution in [0, 0.1) is 11.8 Å². The summed E-state index contributed by atoms with van der Waals surface area (Å²) < 4.78 is 0. The van der Waals surface area contributed by atoms with Crippen molar-refractivity contribution in [3.05, 3.63) is 29.6 Å². The van der Waals surface area contributed by atoms with Gasteiger partial charge in [-0.3, -0.25) is 9.88 Å². The second-order valence-corrected chi connectivity index (χ2v) is 5.95. The monoisotopic (exact) mass is 261 g/mol. The predicted octanol–water partition coefficient (Wildman–Crippen LogP) is 2.67. The molecule has 1 saturated heterocycles. The van der Waals surface area contributed by atoms with Crippen LogP contribution in [0.3, 0.4) is 0 Å². The Morgan fingerprint density at radius 1 is 1.21 bits per heavy atom. The fourth-order valence-electron chi connectivity index (χ4n) is 2.72. The van der Waals surface area contributed by atoms with Gasteiger partial charge in [0.1, 0.15) is 0 Å². The Labute approximate surface area is 117 Å². The maximum absolute atomic E-state index is 4.75. The van der Waals surface area contributed by atoms with E-state index in [1.807, 2.05) is 0 Å². The zero-order valence-corrected chi connectivity index (χ0v) is 12.5. The molecule has 2 rings (SSSR count). The molecule has 1 fully saturated rings. The lowest BCUT2D eigenvalue weighted by Gasteiger charge is -2.15. The maximum Gasteiger partial charge on any atom is 0.0547 e. The number of nitrogens with one attached hydrogen (secondary N) is 1. The molecule has 0 radical (unpaired) electrons. The minimum absolute atomic E-state index is 0.814. The normalized spacial score (nSPS) is 23.9. The lowest BCUT2D eigenvalue weighted by atomic mass is 10.0. The second kappa shape index (κ2) is 7.01. The van der Waals surface area contributed by atoms with Gasteiger partial charge in [0.25, 0.3) is 0 Å². The van der Waals surface area contributed by atoms with Gasteiger partial charge in [-0.1, -0.05) is 26.8 Å². The highest BCUT2D eigenvalue weighted by Gasteiger charge is 2.25. The lowest BCUT2D eigenvalue weighted by Crippen LogP contribution is -2.21. The molecule has 0 amide bonds. The highest BCUT2D eigenvalue weighted by Crippen LogP contribution is 2.23. The van der Waals surface area contributed by atoms with Gasteiger partial charge >= 0.3 is 0 Å². The van der Waals surface area contributed by atoms with Crippen LogP contribution in [-0.4, -0.2) is 29.5 Å².